The first-order valence-electron chi connectivity index (χ1n) is 9.90. The number of para-hydroxylation sites is 1. The molecular formula is C22H22N2O5S. The SMILES string of the molecule is CS(=O)(=O)c1ccccc1NC(=O)c1ccc2c(c1)C(=O)N(C1CCCCC1)C2=O. The van der Waals surface area contributed by atoms with Gasteiger partial charge in [0.2, 0.25) is 0 Å². The largest absolute Gasteiger partial charge is 0.321 e. The summed E-state index contributed by atoms with van der Waals surface area (Å²) in [5, 5.41) is 2.60. The second kappa shape index (κ2) is 7.68. The minimum Gasteiger partial charge on any atom is -0.321 e. The number of carbonyl (C=O) groups is 3. The number of sulfone groups is 1. The molecule has 0 atom stereocenters. The lowest BCUT2D eigenvalue weighted by Gasteiger charge is -2.29. The van der Waals surface area contributed by atoms with E-state index in [1.807, 2.05) is 0 Å². The lowest BCUT2D eigenvalue weighted by Crippen LogP contribution is -2.40. The third-order valence-corrected chi connectivity index (χ3v) is 6.81. The summed E-state index contributed by atoms with van der Waals surface area (Å²) >= 11 is 0. The molecule has 0 saturated heterocycles. The highest BCUT2D eigenvalue weighted by Crippen LogP contribution is 2.31. The standard InChI is InChI=1S/C22H22N2O5S/c1-30(28,29)19-10-6-5-9-18(19)23-20(25)14-11-12-16-17(13-14)22(27)24(21(16)26)15-7-3-2-4-8-15/h5-6,9-13,15H,2-4,7-8H2,1H3,(H,23,25). The Morgan fingerprint density at radius 1 is 0.967 bits per heavy atom. The first-order chi connectivity index (χ1) is 14.3. The molecule has 1 heterocycles. The van der Waals surface area contributed by atoms with Gasteiger partial charge in [0, 0.05) is 17.9 Å². The summed E-state index contributed by atoms with van der Waals surface area (Å²) in [7, 11) is -3.53. The van der Waals surface area contributed by atoms with Crippen LogP contribution in [0.1, 0.15) is 63.2 Å². The summed E-state index contributed by atoms with van der Waals surface area (Å²) in [6.07, 6.45) is 5.77. The number of carbonyl (C=O) groups excluding carboxylic acids is 3. The van der Waals surface area contributed by atoms with E-state index in [2.05, 4.69) is 5.32 Å². The van der Waals surface area contributed by atoms with Gasteiger partial charge in [0.25, 0.3) is 17.7 Å². The van der Waals surface area contributed by atoms with E-state index in [1.165, 1.54) is 35.2 Å². The minimum atomic E-state index is -3.53. The molecule has 156 valence electrons. The predicted molar refractivity (Wildman–Crippen MR) is 111 cm³/mol. The monoisotopic (exact) mass is 426 g/mol. The summed E-state index contributed by atoms with van der Waals surface area (Å²) in [6, 6.07) is 10.4. The van der Waals surface area contributed by atoms with Crippen molar-refractivity contribution in [3.05, 3.63) is 59.2 Å². The van der Waals surface area contributed by atoms with Gasteiger partial charge in [0.05, 0.1) is 21.7 Å². The minimum absolute atomic E-state index is 0.00855. The number of benzene rings is 2. The molecule has 2 aromatic rings. The normalized spacial score (nSPS) is 17.2. The molecule has 4 rings (SSSR count). The van der Waals surface area contributed by atoms with E-state index in [0.717, 1.165) is 38.4 Å². The van der Waals surface area contributed by atoms with Crippen LogP contribution < -0.4 is 5.32 Å². The Labute approximate surface area is 175 Å². The average Bonchev–Trinajstić information content (AvgIpc) is 2.98. The molecule has 1 aliphatic heterocycles. The fourth-order valence-corrected chi connectivity index (χ4v) is 5.00. The number of rotatable bonds is 4. The molecule has 2 aliphatic rings. The molecule has 30 heavy (non-hydrogen) atoms. The van der Waals surface area contributed by atoms with Crippen LogP contribution >= 0.6 is 0 Å². The van der Waals surface area contributed by atoms with Gasteiger partial charge >= 0.3 is 0 Å². The van der Waals surface area contributed by atoms with E-state index in [-0.39, 0.29) is 39.6 Å². The van der Waals surface area contributed by atoms with Crippen LogP contribution in [0.3, 0.4) is 0 Å². The Bertz CT molecular complexity index is 1150. The van der Waals surface area contributed by atoms with Gasteiger partial charge in [-0.25, -0.2) is 8.42 Å². The van der Waals surface area contributed by atoms with Crippen LogP contribution in [0.5, 0.6) is 0 Å². The summed E-state index contributed by atoms with van der Waals surface area (Å²) < 4.78 is 23.9. The van der Waals surface area contributed by atoms with Gasteiger partial charge in [-0.1, -0.05) is 31.4 Å². The number of amides is 3. The summed E-state index contributed by atoms with van der Waals surface area (Å²) in [6.45, 7) is 0. The quantitative estimate of drug-likeness (QED) is 0.756. The van der Waals surface area contributed by atoms with Gasteiger partial charge in [-0.05, 0) is 43.2 Å². The summed E-state index contributed by atoms with van der Waals surface area (Å²) in [4.78, 5) is 39.8. The maximum Gasteiger partial charge on any atom is 0.261 e. The zero-order chi connectivity index (χ0) is 21.5. The van der Waals surface area contributed by atoms with Gasteiger partial charge in [-0.15, -0.1) is 0 Å². The van der Waals surface area contributed by atoms with Crippen molar-refractivity contribution in [3.8, 4) is 0 Å². The molecule has 7 nitrogen and oxygen atoms in total. The van der Waals surface area contributed by atoms with E-state index in [1.54, 1.807) is 12.1 Å². The lowest BCUT2D eigenvalue weighted by molar-refractivity contribution is 0.0548. The Morgan fingerprint density at radius 2 is 1.63 bits per heavy atom. The topological polar surface area (TPSA) is 101 Å². The lowest BCUT2D eigenvalue weighted by atomic mass is 9.94. The van der Waals surface area contributed by atoms with Crippen molar-refractivity contribution in [3.63, 3.8) is 0 Å². The van der Waals surface area contributed by atoms with Crippen LogP contribution in [-0.2, 0) is 9.84 Å². The highest BCUT2D eigenvalue weighted by atomic mass is 32.2. The third-order valence-electron chi connectivity index (χ3n) is 5.65. The molecule has 0 spiro atoms. The van der Waals surface area contributed by atoms with Crippen LogP contribution in [0.25, 0.3) is 0 Å². The molecule has 0 radical (unpaired) electrons. The molecule has 1 aliphatic carbocycles. The zero-order valence-electron chi connectivity index (χ0n) is 16.6. The van der Waals surface area contributed by atoms with Gasteiger partial charge in [0.1, 0.15) is 0 Å². The van der Waals surface area contributed by atoms with Gasteiger partial charge in [-0.3, -0.25) is 19.3 Å². The third kappa shape index (κ3) is 3.63. The predicted octanol–water partition coefficient (Wildman–Crippen LogP) is 3.27. The van der Waals surface area contributed by atoms with Crippen molar-refractivity contribution >= 4 is 33.2 Å². The van der Waals surface area contributed by atoms with Crippen molar-refractivity contribution < 1.29 is 22.8 Å². The molecule has 1 fully saturated rings. The van der Waals surface area contributed by atoms with E-state index >= 15 is 0 Å². The van der Waals surface area contributed by atoms with Gasteiger partial charge < -0.3 is 5.32 Å². The number of anilines is 1. The zero-order valence-corrected chi connectivity index (χ0v) is 17.4. The fourth-order valence-electron chi connectivity index (χ4n) is 4.16. The number of nitrogens with one attached hydrogen (secondary N) is 1. The Balaban J connectivity index is 1.61. The number of fused-ring (bicyclic) bond motifs is 1. The molecule has 3 amide bonds. The molecule has 0 bridgehead atoms. The molecule has 2 aromatic carbocycles. The van der Waals surface area contributed by atoms with E-state index in [0.29, 0.717) is 5.56 Å². The first-order valence-corrected chi connectivity index (χ1v) is 11.8. The second-order valence-corrected chi connectivity index (χ2v) is 9.74. The van der Waals surface area contributed by atoms with E-state index < -0.39 is 15.7 Å². The van der Waals surface area contributed by atoms with Crippen molar-refractivity contribution in [1.82, 2.24) is 4.90 Å². The molecule has 1 N–H and O–H groups in total. The Morgan fingerprint density at radius 3 is 2.33 bits per heavy atom. The maximum atomic E-state index is 12.9. The second-order valence-electron chi connectivity index (χ2n) is 7.75. The van der Waals surface area contributed by atoms with Crippen molar-refractivity contribution in [2.75, 3.05) is 11.6 Å². The number of hydrogen-bond acceptors (Lipinski definition) is 5. The molecule has 1 saturated carbocycles. The molecular weight excluding hydrogens is 404 g/mol. The van der Waals surface area contributed by atoms with Crippen LogP contribution in [0.4, 0.5) is 5.69 Å². The fraction of sp³-hybridized carbons (Fsp3) is 0.318. The molecule has 8 heteroatoms. The van der Waals surface area contributed by atoms with E-state index in [9.17, 15) is 22.8 Å². The highest BCUT2D eigenvalue weighted by molar-refractivity contribution is 7.90. The highest BCUT2D eigenvalue weighted by Gasteiger charge is 2.40. The maximum absolute atomic E-state index is 12.9. The van der Waals surface area contributed by atoms with Gasteiger partial charge in [-0.2, -0.15) is 0 Å². The van der Waals surface area contributed by atoms with Gasteiger partial charge in [0.15, 0.2) is 9.84 Å². The van der Waals surface area contributed by atoms with Crippen LogP contribution in [0.15, 0.2) is 47.4 Å². The average molecular weight is 426 g/mol. The van der Waals surface area contributed by atoms with Crippen LogP contribution in [0.2, 0.25) is 0 Å². The smallest absolute Gasteiger partial charge is 0.261 e. The molecule has 0 unspecified atom stereocenters. The number of nitrogens with zero attached hydrogens (tertiary/aromatic N) is 1. The Hall–Kier alpha value is -3.00. The summed E-state index contributed by atoms with van der Waals surface area (Å²) in [5.41, 5.74) is 0.869. The Kier molecular flexibility index (Phi) is 5.19. The van der Waals surface area contributed by atoms with Crippen LogP contribution in [-0.4, -0.2) is 43.3 Å². The summed E-state index contributed by atoms with van der Waals surface area (Å²) in [5.74, 6) is -1.23. The van der Waals surface area contributed by atoms with Crippen molar-refractivity contribution in [2.24, 2.45) is 0 Å². The van der Waals surface area contributed by atoms with Crippen molar-refractivity contribution in [1.29, 1.82) is 0 Å². The van der Waals surface area contributed by atoms with Crippen molar-refractivity contribution in [2.45, 2.75) is 43.0 Å². The number of hydrogen-bond donors (Lipinski definition) is 1. The number of imide groups is 1. The first kappa shape index (κ1) is 20.3. The van der Waals surface area contributed by atoms with Crippen LogP contribution in [0, 0.1) is 0 Å². The molecule has 0 aromatic heterocycles. The van der Waals surface area contributed by atoms with E-state index in [4.69, 9.17) is 0 Å².